The monoisotopic (exact) mass is 235 g/mol. The molecule has 90 valence electrons. The van der Waals surface area contributed by atoms with Crippen LogP contribution in [0.4, 0.5) is 10.7 Å². The lowest BCUT2D eigenvalue weighted by molar-refractivity contribution is 0.167. The molecule has 1 aromatic carbocycles. The molecule has 0 saturated heterocycles. The molecular formula is C11H13N3O3. The molecule has 0 unspecified atom stereocenters. The fourth-order valence-electron chi connectivity index (χ4n) is 1.44. The summed E-state index contributed by atoms with van der Waals surface area (Å²) in [7, 11) is 1.59. The second-order valence-electron chi connectivity index (χ2n) is 3.31. The van der Waals surface area contributed by atoms with Crippen LogP contribution in [0.2, 0.25) is 0 Å². The first kappa shape index (κ1) is 11.3. The number of anilines is 1. The molecule has 0 atom stereocenters. The van der Waals surface area contributed by atoms with Crippen LogP contribution in [0.1, 0.15) is 6.92 Å². The molecule has 6 heteroatoms. The number of ether oxygens (including phenoxy) is 2. The van der Waals surface area contributed by atoms with E-state index in [1.54, 1.807) is 32.2 Å². The molecule has 1 heterocycles. The van der Waals surface area contributed by atoms with Crippen LogP contribution in [0.25, 0.3) is 11.0 Å². The molecule has 1 amide bonds. The van der Waals surface area contributed by atoms with E-state index < -0.39 is 6.09 Å². The maximum absolute atomic E-state index is 11.2. The number of aromatic amines is 1. The Labute approximate surface area is 97.9 Å². The first-order valence-corrected chi connectivity index (χ1v) is 5.20. The first-order valence-electron chi connectivity index (χ1n) is 5.20. The molecule has 0 fully saturated rings. The van der Waals surface area contributed by atoms with Crippen molar-refractivity contribution >= 4 is 23.1 Å². The van der Waals surface area contributed by atoms with E-state index in [1.165, 1.54) is 0 Å². The van der Waals surface area contributed by atoms with Gasteiger partial charge in [0.1, 0.15) is 5.75 Å². The Hall–Kier alpha value is -2.24. The van der Waals surface area contributed by atoms with Gasteiger partial charge < -0.3 is 14.5 Å². The number of benzene rings is 1. The molecular weight excluding hydrogens is 222 g/mol. The van der Waals surface area contributed by atoms with E-state index >= 15 is 0 Å². The highest BCUT2D eigenvalue weighted by Gasteiger charge is 2.07. The van der Waals surface area contributed by atoms with Gasteiger partial charge in [0.25, 0.3) is 0 Å². The summed E-state index contributed by atoms with van der Waals surface area (Å²) in [5.41, 5.74) is 1.54. The molecule has 0 spiro atoms. The van der Waals surface area contributed by atoms with Crippen molar-refractivity contribution in [3.63, 3.8) is 0 Å². The predicted octanol–water partition coefficient (Wildman–Crippen LogP) is 2.14. The summed E-state index contributed by atoms with van der Waals surface area (Å²) >= 11 is 0. The molecule has 0 aliphatic heterocycles. The lowest BCUT2D eigenvalue weighted by atomic mass is 10.3. The topological polar surface area (TPSA) is 76.2 Å². The van der Waals surface area contributed by atoms with Gasteiger partial charge in [-0.25, -0.2) is 9.78 Å². The van der Waals surface area contributed by atoms with E-state index in [0.29, 0.717) is 12.6 Å². The second-order valence-corrected chi connectivity index (χ2v) is 3.31. The van der Waals surface area contributed by atoms with E-state index in [1.807, 2.05) is 0 Å². The second kappa shape index (κ2) is 4.73. The molecule has 2 aromatic rings. The van der Waals surface area contributed by atoms with Gasteiger partial charge in [0, 0.05) is 6.07 Å². The van der Waals surface area contributed by atoms with Gasteiger partial charge in [-0.1, -0.05) is 0 Å². The molecule has 0 bridgehead atoms. The molecule has 6 nitrogen and oxygen atoms in total. The van der Waals surface area contributed by atoms with Gasteiger partial charge in [-0.3, -0.25) is 5.32 Å². The standard InChI is InChI=1S/C11H13N3O3/c1-3-17-11(15)14-10-12-8-5-4-7(16-2)6-9(8)13-10/h4-6H,3H2,1-2H3,(H2,12,13,14,15). The smallest absolute Gasteiger partial charge is 0.413 e. The van der Waals surface area contributed by atoms with Crippen LogP contribution in [0.5, 0.6) is 5.75 Å². The maximum Gasteiger partial charge on any atom is 0.413 e. The van der Waals surface area contributed by atoms with Crippen LogP contribution in [0.15, 0.2) is 18.2 Å². The summed E-state index contributed by atoms with van der Waals surface area (Å²) in [4.78, 5) is 18.3. The molecule has 17 heavy (non-hydrogen) atoms. The van der Waals surface area contributed by atoms with Crippen molar-refractivity contribution in [2.45, 2.75) is 6.92 Å². The minimum absolute atomic E-state index is 0.319. The molecule has 0 radical (unpaired) electrons. The Morgan fingerprint density at radius 2 is 2.35 bits per heavy atom. The van der Waals surface area contributed by atoms with Gasteiger partial charge in [0.15, 0.2) is 0 Å². The number of rotatable bonds is 3. The number of aromatic nitrogens is 2. The van der Waals surface area contributed by atoms with Gasteiger partial charge >= 0.3 is 6.09 Å². The highest BCUT2D eigenvalue weighted by atomic mass is 16.5. The number of amides is 1. The summed E-state index contributed by atoms with van der Waals surface area (Å²) in [5.74, 6) is 1.08. The third-order valence-electron chi connectivity index (χ3n) is 2.18. The zero-order valence-electron chi connectivity index (χ0n) is 9.61. The molecule has 0 saturated carbocycles. The summed E-state index contributed by atoms with van der Waals surface area (Å²) in [5, 5.41) is 2.50. The fraction of sp³-hybridized carbons (Fsp3) is 0.273. The number of methoxy groups -OCH3 is 1. The molecule has 0 aliphatic carbocycles. The van der Waals surface area contributed by atoms with Crippen LogP contribution in [-0.4, -0.2) is 29.8 Å². The summed E-state index contributed by atoms with van der Waals surface area (Å²) < 4.78 is 9.84. The summed E-state index contributed by atoms with van der Waals surface area (Å²) in [6, 6.07) is 5.41. The molecule has 0 aliphatic rings. The van der Waals surface area contributed by atoms with Crippen molar-refractivity contribution in [1.29, 1.82) is 0 Å². The quantitative estimate of drug-likeness (QED) is 0.854. The van der Waals surface area contributed by atoms with Crippen LogP contribution < -0.4 is 10.1 Å². The SMILES string of the molecule is CCOC(=O)Nc1nc2ccc(OC)cc2[nH]1. The first-order chi connectivity index (χ1) is 8.22. The third-order valence-corrected chi connectivity index (χ3v) is 2.18. The zero-order chi connectivity index (χ0) is 12.3. The van der Waals surface area contributed by atoms with Gasteiger partial charge in [-0.2, -0.15) is 0 Å². The highest BCUT2D eigenvalue weighted by molar-refractivity contribution is 5.86. The van der Waals surface area contributed by atoms with Crippen LogP contribution in [0, 0.1) is 0 Å². The number of hydrogen-bond acceptors (Lipinski definition) is 4. The van der Waals surface area contributed by atoms with Gasteiger partial charge in [-0.05, 0) is 19.1 Å². The number of nitrogens with one attached hydrogen (secondary N) is 2. The van der Waals surface area contributed by atoms with E-state index in [4.69, 9.17) is 9.47 Å². The highest BCUT2D eigenvalue weighted by Crippen LogP contribution is 2.20. The Morgan fingerprint density at radius 3 is 3.06 bits per heavy atom. The minimum Gasteiger partial charge on any atom is -0.497 e. The lowest BCUT2D eigenvalue weighted by Crippen LogP contribution is -2.14. The Bertz CT molecular complexity index is 536. The number of imidazole rings is 1. The van der Waals surface area contributed by atoms with Crippen molar-refractivity contribution in [2.75, 3.05) is 19.0 Å². The van der Waals surface area contributed by atoms with Crippen molar-refractivity contribution in [3.8, 4) is 5.75 Å². The van der Waals surface area contributed by atoms with Crippen molar-refractivity contribution in [1.82, 2.24) is 9.97 Å². The fourth-order valence-corrected chi connectivity index (χ4v) is 1.44. The summed E-state index contributed by atoms with van der Waals surface area (Å²) in [6.45, 7) is 2.06. The molecule has 2 rings (SSSR count). The third kappa shape index (κ3) is 2.47. The number of fused-ring (bicyclic) bond motifs is 1. The van der Waals surface area contributed by atoms with Crippen molar-refractivity contribution in [3.05, 3.63) is 18.2 Å². The average Bonchev–Trinajstić information content (AvgIpc) is 2.69. The zero-order valence-corrected chi connectivity index (χ0v) is 9.61. The number of carbonyl (C=O) groups excluding carboxylic acids is 1. The number of carbonyl (C=O) groups is 1. The largest absolute Gasteiger partial charge is 0.497 e. The van der Waals surface area contributed by atoms with Crippen molar-refractivity contribution < 1.29 is 14.3 Å². The minimum atomic E-state index is -0.529. The average molecular weight is 235 g/mol. The number of H-pyrrole nitrogens is 1. The lowest BCUT2D eigenvalue weighted by Gasteiger charge is -2.00. The van der Waals surface area contributed by atoms with Gasteiger partial charge in [0.2, 0.25) is 5.95 Å². The maximum atomic E-state index is 11.2. The van der Waals surface area contributed by atoms with E-state index in [-0.39, 0.29) is 0 Å². The van der Waals surface area contributed by atoms with Crippen molar-refractivity contribution in [2.24, 2.45) is 0 Å². The summed E-state index contributed by atoms with van der Waals surface area (Å²) in [6.07, 6.45) is -0.529. The Balaban J connectivity index is 2.22. The van der Waals surface area contributed by atoms with Gasteiger partial charge in [-0.15, -0.1) is 0 Å². The Kier molecular flexibility index (Phi) is 3.13. The van der Waals surface area contributed by atoms with E-state index in [2.05, 4.69) is 15.3 Å². The van der Waals surface area contributed by atoms with Gasteiger partial charge in [0.05, 0.1) is 24.8 Å². The number of nitrogens with zero attached hydrogens (tertiary/aromatic N) is 1. The molecule has 1 aromatic heterocycles. The normalized spacial score (nSPS) is 10.2. The van der Waals surface area contributed by atoms with Crippen LogP contribution in [-0.2, 0) is 4.74 Å². The van der Waals surface area contributed by atoms with Crippen LogP contribution >= 0.6 is 0 Å². The molecule has 2 N–H and O–H groups in total. The van der Waals surface area contributed by atoms with E-state index in [9.17, 15) is 4.79 Å². The Morgan fingerprint density at radius 1 is 1.53 bits per heavy atom. The van der Waals surface area contributed by atoms with E-state index in [0.717, 1.165) is 16.8 Å². The number of hydrogen-bond donors (Lipinski definition) is 2. The van der Waals surface area contributed by atoms with Crippen LogP contribution in [0.3, 0.4) is 0 Å². The predicted molar refractivity (Wildman–Crippen MR) is 63.3 cm³/mol.